The summed E-state index contributed by atoms with van der Waals surface area (Å²) in [7, 11) is -1.62. The van der Waals surface area contributed by atoms with Crippen LogP contribution in [0.2, 0.25) is 0 Å². The van der Waals surface area contributed by atoms with Crippen molar-refractivity contribution in [1.29, 1.82) is 0 Å². The van der Waals surface area contributed by atoms with Crippen molar-refractivity contribution in [3.05, 3.63) is 80.4 Å². The van der Waals surface area contributed by atoms with Crippen LogP contribution in [0.25, 0.3) is 16.6 Å². The Hall–Kier alpha value is -3.37. The third kappa shape index (κ3) is 6.90. The first-order valence-corrected chi connectivity index (χ1v) is 14.3. The highest BCUT2D eigenvalue weighted by Gasteiger charge is 2.20. The number of aromatic nitrogens is 2. The van der Waals surface area contributed by atoms with Gasteiger partial charge in [-0.1, -0.05) is 37.8 Å². The molecule has 1 unspecified atom stereocenters. The Morgan fingerprint density at radius 3 is 2.54 bits per heavy atom. The number of nitrogens with one attached hydrogen (secondary N) is 3. The number of hydrogen-bond acceptors (Lipinski definition) is 6. The van der Waals surface area contributed by atoms with Gasteiger partial charge in [0.05, 0.1) is 20.8 Å². The quantitative estimate of drug-likeness (QED) is 0.347. The van der Waals surface area contributed by atoms with Crippen molar-refractivity contribution < 1.29 is 9.00 Å². The number of allylic oxidation sites excluding steroid dienone is 3. The average molecular weight is 538 g/mol. The van der Waals surface area contributed by atoms with Crippen molar-refractivity contribution in [1.82, 2.24) is 14.3 Å². The summed E-state index contributed by atoms with van der Waals surface area (Å²) < 4.78 is 16.9. The van der Waals surface area contributed by atoms with Crippen LogP contribution in [0.1, 0.15) is 40.0 Å². The minimum absolute atomic E-state index is 0.166. The van der Waals surface area contributed by atoms with E-state index in [1.807, 2.05) is 45.1 Å². The van der Waals surface area contributed by atoms with E-state index in [0.717, 1.165) is 23.1 Å². The Balaban J connectivity index is 0.00000156. The summed E-state index contributed by atoms with van der Waals surface area (Å²) >= 11 is 1.39. The number of hydrogen-bond donors (Lipinski definition) is 3. The van der Waals surface area contributed by atoms with Gasteiger partial charge in [0.25, 0.3) is 5.56 Å². The van der Waals surface area contributed by atoms with Gasteiger partial charge in [0, 0.05) is 17.9 Å². The molecule has 10 heteroatoms. The number of nitrogens with zero attached hydrogens (tertiary/aromatic N) is 2. The van der Waals surface area contributed by atoms with Crippen molar-refractivity contribution >= 4 is 51.1 Å². The third-order valence-corrected chi connectivity index (χ3v) is 8.24. The molecule has 194 valence electrons. The molecule has 3 N–H and O–H groups in total. The minimum atomic E-state index is -1.62. The SMILES string of the molecule is CC.CC1=CCC=C(S(=O)NC(=O)Nc2ccc(-n3cnc4cc(NCC5CC5)ccc4c3=O)cc2)S1. The zero-order valence-electron chi connectivity index (χ0n) is 21.1. The molecule has 0 saturated heterocycles. The lowest BCUT2D eigenvalue weighted by Crippen LogP contribution is -2.30. The Labute approximate surface area is 223 Å². The molecule has 2 amide bonds. The van der Waals surface area contributed by atoms with Crippen LogP contribution in [0.5, 0.6) is 0 Å². The van der Waals surface area contributed by atoms with Crippen molar-refractivity contribution in [3.63, 3.8) is 0 Å². The van der Waals surface area contributed by atoms with Crippen molar-refractivity contribution in [2.45, 2.75) is 40.0 Å². The third-order valence-electron chi connectivity index (χ3n) is 5.77. The molecule has 0 radical (unpaired) electrons. The fraction of sp³-hybridized carbons (Fsp3) is 0.296. The van der Waals surface area contributed by atoms with E-state index in [4.69, 9.17) is 0 Å². The highest BCUT2D eigenvalue weighted by molar-refractivity contribution is 8.18. The number of carbonyl (C=O) groups is 1. The van der Waals surface area contributed by atoms with Crippen LogP contribution in [0.4, 0.5) is 16.2 Å². The van der Waals surface area contributed by atoms with Gasteiger partial charge in [-0.05, 0) is 79.5 Å². The van der Waals surface area contributed by atoms with E-state index in [9.17, 15) is 13.8 Å². The molecule has 0 spiro atoms. The van der Waals surface area contributed by atoms with Crippen molar-refractivity contribution in [2.24, 2.45) is 5.92 Å². The number of thioether (sulfide) groups is 1. The first kappa shape index (κ1) is 26.7. The fourth-order valence-electron chi connectivity index (χ4n) is 3.67. The summed E-state index contributed by atoms with van der Waals surface area (Å²) in [5.74, 6) is 0.757. The Bertz CT molecular complexity index is 1430. The minimum Gasteiger partial charge on any atom is -0.385 e. The van der Waals surface area contributed by atoms with Crippen LogP contribution in [-0.4, -0.2) is 26.3 Å². The maximum absolute atomic E-state index is 13.1. The molecule has 1 aliphatic heterocycles. The highest BCUT2D eigenvalue weighted by Crippen LogP contribution is 2.31. The topological polar surface area (TPSA) is 105 Å². The number of urea groups is 1. The highest BCUT2D eigenvalue weighted by atomic mass is 32.2. The Morgan fingerprint density at radius 2 is 1.84 bits per heavy atom. The van der Waals surface area contributed by atoms with Gasteiger partial charge in [-0.15, -0.1) is 0 Å². The van der Waals surface area contributed by atoms with E-state index in [1.54, 1.807) is 30.3 Å². The van der Waals surface area contributed by atoms with Gasteiger partial charge in [-0.3, -0.25) is 14.1 Å². The zero-order chi connectivity index (χ0) is 26.4. The second-order valence-corrected chi connectivity index (χ2v) is 11.3. The molecule has 8 nitrogen and oxygen atoms in total. The van der Waals surface area contributed by atoms with Gasteiger partial charge in [0.1, 0.15) is 6.33 Å². The predicted octanol–water partition coefficient (Wildman–Crippen LogP) is 5.90. The normalized spacial score (nSPS) is 15.5. The summed E-state index contributed by atoms with van der Waals surface area (Å²) in [4.78, 5) is 30.9. The Kier molecular flexibility index (Phi) is 8.83. The molecule has 2 aromatic carbocycles. The largest absolute Gasteiger partial charge is 0.385 e. The molecule has 3 aromatic rings. The fourth-order valence-corrected chi connectivity index (χ4v) is 5.74. The average Bonchev–Trinajstić information content (AvgIpc) is 3.74. The molecule has 5 rings (SSSR count). The molecular weight excluding hydrogens is 506 g/mol. The summed E-state index contributed by atoms with van der Waals surface area (Å²) in [6.45, 7) is 6.89. The van der Waals surface area contributed by atoms with Crippen molar-refractivity contribution in [2.75, 3.05) is 17.2 Å². The van der Waals surface area contributed by atoms with Gasteiger partial charge in [0.2, 0.25) is 0 Å². The van der Waals surface area contributed by atoms with E-state index in [1.165, 1.54) is 35.5 Å². The van der Waals surface area contributed by atoms with Crippen LogP contribution < -0.4 is 20.9 Å². The van der Waals surface area contributed by atoms with Gasteiger partial charge in [-0.25, -0.2) is 14.0 Å². The lowest BCUT2D eigenvalue weighted by atomic mass is 10.2. The van der Waals surface area contributed by atoms with Crippen LogP contribution in [-0.2, 0) is 11.0 Å². The number of carbonyl (C=O) groups excluding carboxylic acids is 1. The van der Waals surface area contributed by atoms with E-state index < -0.39 is 17.0 Å². The number of anilines is 2. The van der Waals surface area contributed by atoms with E-state index >= 15 is 0 Å². The molecule has 2 heterocycles. The van der Waals surface area contributed by atoms with Crippen LogP contribution in [0, 0.1) is 5.92 Å². The molecular formula is C27H31N5O3S2. The molecule has 1 aromatic heterocycles. The standard InChI is InChI=1S/C25H25N5O3S2.C2H6/c1-16-3-2-4-23(34-16)35(33)29-25(32)28-18-7-10-20(11-8-18)30-15-27-22-13-19(26-14-17-5-6-17)9-12-21(22)24(30)31;1-2/h3-4,7-13,15,17,26H,2,5-6,14H2,1H3,(H2,28,29,32);1-2H3. The van der Waals surface area contributed by atoms with Crippen LogP contribution >= 0.6 is 11.8 Å². The molecule has 1 atom stereocenters. The van der Waals surface area contributed by atoms with Gasteiger partial charge >= 0.3 is 6.03 Å². The van der Waals surface area contributed by atoms with Crippen LogP contribution in [0.15, 0.2) is 74.9 Å². The smallest absolute Gasteiger partial charge is 0.331 e. The lowest BCUT2D eigenvalue weighted by Gasteiger charge is -2.13. The van der Waals surface area contributed by atoms with Gasteiger partial charge < -0.3 is 10.6 Å². The number of amides is 2. The van der Waals surface area contributed by atoms with Gasteiger partial charge in [-0.2, -0.15) is 0 Å². The summed E-state index contributed by atoms with van der Waals surface area (Å²) in [5.41, 5.74) is 2.58. The van der Waals surface area contributed by atoms with E-state index in [-0.39, 0.29) is 5.56 Å². The first-order valence-electron chi connectivity index (χ1n) is 12.4. The second-order valence-electron chi connectivity index (χ2n) is 8.52. The number of fused-ring (bicyclic) bond motifs is 1. The second kappa shape index (κ2) is 12.2. The zero-order valence-corrected chi connectivity index (χ0v) is 22.7. The summed E-state index contributed by atoms with van der Waals surface area (Å²) in [5, 5.41) is 6.61. The molecule has 37 heavy (non-hydrogen) atoms. The molecule has 2 aliphatic rings. The lowest BCUT2D eigenvalue weighted by molar-refractivity contribution is 0.257. The number of benzene rings is 2. The maximum atomic E-state index is 13.1. The molecule has 1 saturated carbocycles. The van der Waals surface area contributed by atoms with Crippen molar-refractivity contribution in [3.8, 4) is 5.69 Å². The molecule has 1 fully saturated rings. The monoisotopic (exact) mass is 537 g/mol. The molecule has 0 bridgehead atoms. The number of rotatable bonds is 7. The molecule has 1 aliphatic carbocycles. The summed E-state index contributed by atoms with van der Waals surface area (Å²) in [6.07, 6.45) is 8.64. The predicted molar refractivity (Wildman–Crippen MR) is 154 cm³/mol. The van der Waals surface area contributed by atoms with E-state index in [2.05, 4.69) is 20.3 Å². The first-order chi connectivity index (χ1) is 18.0. The van der Waals surface area contributed by atoms with Gasteiger partial charge in [0.15, 0.2) is 11.0 Å². The summed E-state index contributed by atoms with van der Waals surface area (Å²) in [6, 6.07) is 11.9. The van der Waals surface area contributed by atoms with E-state index in [0.29, 0.717) is 32.9 Å². The maximum Gasteiger partial charge on any atom is 0.331 e. The van der Waals surface area contributed by atoms with Crippen LogP contribution in [0.3, 0.4) is 0 Å². The Morgan fingerprint density at radius 1 is 1.11 bits per heavy atom.